The van der Waals surface area contributed by atoms with Crippen LogP contribution in [0.1, 0.15) is 45.7 Å². The molecule has 2 aliphatic rings. The van der Waals surface area contributed by atoms with Crippen molar-refractivity contribution in [2.24, 2.45) is 5.92 Å². The average Bonchev–Trinajstić information content (AvgIpc) is 3.22. The Kier molecular flexibility index (Phi) is 4.58. The lowest BCUT2D eigenvalue weighted by molar-refractivity contribution is 0.400. The second kappa shape index (κ2) is 7.52. The van der Waals surface area contributed by atoms with E-state index < -0.39 is 0 Å². The first-order chi connectivity index (χ1) is 16.0. The number of aromatic hydroxyl groups is 2. The van der Waals surface area contributed by atoms with E-state index in [4.69, 9.17) is 0 Å². The van der Waals surface area contributed by atoms with Crippen molar-refractivity contribution in [1.82, 2.24) is 0 Å². The van der Waals surface area contributed by atoms with Crippen LogP contribution in [-0.2, 0) is 12.8 Å². The van der Waals surface area contributed by atoms with Crippen LogP contribution in [0.3, 0.4) is 0 Å². The van der Waals surface area contributed by atoms with E-state index in [0.717, 1.165) is 30.4 Å². The molecule has 0 saturated carbocycles. The summed E-state index contributed by atoms with van der Waals surface area (Å²) in [5.74, 6) is 1.12. The maximum atomic E-state index is 11.1. The van der Waals surface area contributed by atoms with Crippen molar-refractivity contribution in [2.45, 2.75) is 39.0 Å². The van der Waals surface area contributed by atoms with E-state index in [-0.39, 0.29) is 5.92 Å². The number of benzene rings is 4. The lowest BCUT2D eigenvalue weighted by Crippen LogP contribution is -2.19. The monoisotopic (exact) mass is 432 g/mol. The van der Waals surface area contributed by atoms with Gasteiger partial charge in [-0.1, -0.05) is 71.8 Å². The molecule has 4 aromatic carbocycles. The fraction of sp³-hybridized carbons (Fsp3) is 0.226. The summed E-state index contributed by atoms with van der Waals surface area (Å²) in [5, 5.41) is 22.1. The molecule has 1 unspecified atom stereocenters. The number of rotatable bonds is 2. The first-order valence-electron chi connectivity index (χ1n) is 11.8. The van der Waals surface area contributed by atoms with Crippen molar-refractivity contribution in [1.29, 1.82) is 0 Å². The highest BCUT2D eigenvalue weighted by Gasteiger charge is 2.42. The van der Waals surface area contributed by atoms with E-state index >= 15 is 0 Å². The van der Waals surface area contributed by atoms with Gasteiger partial charge in [0, 0.05) is 17.0 Å². The van der Waals surface area contributed by atoms with Crippen LogP contribution in [-0.4, -0.2) is 10.2 Å². The second-order valence-electron chi connectivity index (χ2n) is 9.76. The summed E-state index contributed by atoms with van der Waals surface area (Å²) in [4.78, 5) is 0. The van der Waals surface area contributed by atoms with Crippen LogP contribution >= 0.6 is 0 Å². The van der Waals surface area contributed by atoms with Crippen LogP contribution in [0, 0.1) is 19.8 Å². The van der Waals surface area contributed by atoms with Crippen LogP contribution in [0.5, 0.6) is 11.5 Å². The van der Waals surface area contributed by atoms with Crippen molar-refractivity contribution in [2.75, 3.05) is 0 Å². The fourth-order valence-electron chi connectivity index (χ4n) is 6.09. The third kappa shape index (κ3) is 3.16. The van der Waals surface area contributed by atoms with Gasteiger partial charge in [-0.3, -0.25) is 0 Å². The van der Waals surface area contributed by atoms with Gasteiger partial charge in [-0.25, -0.2) is 0 Å². The Bertz CT molecular complexity index is 1360. The minimum absolute atomic E-state index is 0.0274. The number of phenolic OH excluding ortho intramolecular Hbond substituents is 2. The fourth-order valence-corrected chi connectivity index (χ4v) is 6.09. The molecule has 2 nitrogen and oxygen atoms in total. The van der Waals surface area contributed by atoms with Crippen molar-refractivity contribution >= 4 is 0 Å². The standard InChI is InChI=1S/C31H28O2/c1-18-3-7-20(8-4-18)23-13-15-27(32)30-25(23)12-11-22-17-26-24(21-9-5-19(2)6-10-21)14-16-28(33)31(26)29(22)30/h3-10,13-16,22,29,32-33H,11-12,17H2,1-2H3/t22?,29-/m0/s1. The predicted octanol–water partition coefficient (Wildman–Crippen LogP) is 7.30. The SMILES string of the molecule is Cc1ccc(-c2ccc(O)c3c2CCC2Cc4c(-c5ccc(C)cc5)ccc(O)c4[C@H]32)cc1. The van der Waals surface area contributed by atoms with E-state index in [1.54, 1.807) is 0 Å². The topological polar surface area (TPSA) is 40.5 Å². The largest absolute Gasteiger partial charge is 0.508 e. The second-order valence-corrected chi connectivity index (χ2v) is 9.76. The Hall–Kier alpha value is -3.52. The maximum absolute atomic E-state index is 11.1. The van der Waals surface area contributed by atoms with Crippen LogP contribution in [0.25, 0.3) is 22.3 Å². The molecule has 164 valence electrons. The minimum atomic E-state index is 0.0274. The van der Waals surface area contributed by atoms with Crippen LogP contribution in [0.4, 0.5) is 0 Å². The normalized spacial score (nSPS) is 18.5. The lowest BCUT2D eigenvalue weighted by Gasteiger charge is -2.31. The molecule has 2 atom stereocenters. The Morgan fingerprint density at radius 2 is 1.09 bits per heavy atom. The molecule has 0 aliphatic heterocycles. The van der Waals surface area contributed by atoms with Gasteiger partial charge >= 0.3 is 0 Å². The van der Waals surface area contributed by atoms with Gasteiger partial charge in [0.2, 0.25) is 0 Å². The molecular formula is C31H28O2. The van der Waals surface area contributed by atoms with Gasteiger partial charge in [0.25, 0.3) is 0 Å². The van der Waals surface area contributed by atoms with Gasteiger partial charge in [-0.2, -0.15) is 0 Å². The van der Waals surface area contributed by atoms with Crippen LogP contribution < -0.4 is 0 Å². The molecule has 0 amide bonds. The molecular weight excluding hydrogens is 404 g/mol. The van der Waals surface area contributed by atoms with Gasteiger partial charge in [0.05, 0.1) is 0 Å². The third-order valence-corrected chi connectivity index (χ3v) is 7.72. The number of fused-ring (bicyclic) bond motifs is 5. The zero-order valence-electron chi connectivity index (χ0n) is 19.1. The molecule has 2 N–H and O–H groups in total. The minimum Gasteiger partial charge on any atom is -0.508 e. The molecule has 0 aromatic heterocycles. The Morgan fingerprint density at radius 3 is 1.64 bits per heavy atom. The molecule has 0 radical (unpaired) electrons. The van der Waals surface area contributed by atoms with Crippen LogP contribution in [0.2, 0.25) is 0 Å². The van der Waals surface area contributed by atoms with E-state index in [0.29, 0.717) is 17.4 Å². The van der Waals surface area contributed by atoms with Crippen LogP contribution in [0.15, 0.2) is 72.8 Å². The van der Waals surface area contributed by atoms with Crippen molar-refractivity contribution < 1.29 is 10.2 Å². The molecule has 0 spiro atoms. The van der Waals surface area contributed by atoms with Crippen molar-refractivity contribution in [3.63, 3.8) is 0 Å². The Balaban J connectivity index is 1.54. The highest BCUT2D eigenvalue weighted by Crippen LogP contribution is 2.56. The van der Waals surface area contributed by atoms with Gasteiger partial charge in [0.1, 0.15) is 11.5 Å². The Morgan fingerprint density at radius 1 is 0.606 bits per heavy atom. The quantitative estimate of drug-likeness (QED) is 0.349. The molecule has 0 heterocycles. The zero-order chi connectivity index (χ0) is 22.7. The summed E-state index contributed by atoms with van der Waals surface area (Å²) >= 11 is 0. The van der Waals surface area contributed by atoms with Gasteiger partial charge in [-0.05, 0) is 84.5 Å². The number of phenols is 2. The van der Waals surface area contributed by atoms with E-state index in [1.807, 2.05) is 12.1 Å². The summed E-state index contributed by atoms with van der Waals surface area (Å²) in [6, 6.07) is 25.0. The summed E-state index contributed by atoms with van der Waals surface area (Å²) in [5.41, 5.74) is 11.7. The first-order valence-corrected chi connectivity index (χ1v) is 11.8. The van der Waals surface area contributed by atoms with Gasteiger partial charge in [-0.15, -0.1) is 0 Å². The predicted molar refractivity (Wildman–Crippen MR) is 134 cm³/mol. The molecule has 2 heteroatoms. The van der Waals surface area contributed by atoms with E-state index in [1.165, 1.54) is 44.5 Å². The molecule has 6 rings (SSSR count). The smallest absolute Gasteiger partial charge is 0.119 e. The van der Waals surface area contributed by atoms with Gasteiger partial charge < -0.3 is 10.2 Å². The lowest BCUT2D eigenvalue weighted by atomic mass is 9.72. The summed E-state index contributed by atoms with van der Waals surface area (Å²) < 4.78 is 0. The number of hydrogen-bond acceptors (Lipinski definition) is 2. The third-order valence-electron chi connectivity index (χ3n) is 7.72. The molecule has 2 aliphatic carbocycles. The molecule has 0 saturated heterocycles. The molecule has 33 heavy (non-hydrogen) atoms. The molecule has 0 bridgehead atoms. The number of aryl methyl sites for hydroxylation is 2. The molecule has 4 aromatic rings. The van der Waals surface area contributed by atoms with Gasteiger partial charge in [0.15, 0.2) is 0 Å². The summed E-state index contributed by atoms with van der Waals surface area (Å²) in [6.07, 6.45) is 2.94. The highest BCUT2D eigenvalue weighted by atomic mass is 16.3. The number of hydrogen-bond donors (Lipinski definition) is 2. The highest BCUT2D eigenvalue weighted by molar-refractivity contribution is 5.76. The van der Waals surface area contributed by atoms with E-state index in [2.05, 4.69) is 74.5 Å². The average molecular weight is 433 g/mol. The maximum Gasteiger partial charge on any atom is 0.119 e. The summed E-state index contributed by atoms with van der Waals surface area (Å²) in [7, 11) is 0. The van der Waals surface area contributed by atoms with E-state index in [9.17, 15) is 10.2 Å². The molecule has 0 fully saturated rings. The first kappa shape index (κ1) is 20.1. The summed E-state index contributed by atoms with van der Waals surface area (Å²) in [6.45, 7) is 4.20. The zero-order valence-corrected chi connectivity index (χ0v) is 19.1. The Labute approximate surface area is 195 Å². The van der Waals surface area contributed by atoms with Crippen molar-refractivity contribution in [3.8, 4) is 33.8 Å². The van der Waals surface area contributed by atoms with Crippen molar-refractivity contribution in [3.05, 3.63) is 106 Å².